The van der Waals surface area contributed by atoms with Crippen LogP contribution in [0.25, 0.3) is 17.0 Å². The van der Waals surface area contributed by atoms with Crippen LogP contribution < -0.4 is 9.47 Å². The van der Waals surface area contributed by atoms with Crippen molar-refractivity contribution in [2.75, 3.05) is 14.2 Å². The van der Waals surface area contributed by atoms with Crippen LogP contribution in [-0.4, -0.2) is 51.3 Å². The Balaban J connectivity index is 1.85. The van der Waals surface area contributed by atoms with E-state index < -0.39 is 27.3 Å². The first-order valence-corrected chi connectivity index (χ1v) is 12.3. The number of nitrogens with zero attached hydrogens (tertiary/aromatic N) is 1. The molecule has 1 aromatic heterocycles. The molecule has 0 bridgehead atoms. The summed E-state index contributed by atoms with van der Waals surface area (Å²) in [6, 6.07) is 16.5. The quantitative estimate of drug-likeness (QED) is 0.253. The summed E-state index contributed by atoms with van der Waals surface area (Å²) in [6.07, 6.45) is 1.68. The van der Waals surface area contributed by atoms with Crippen molar-refractivity contribution in [3.05, 3.63) is 64.5 Å². The van der Waals surface area contributed by atoms with Crippen LogP contribution in [0.1, 0.15) is 26.3 Å². The van der Waals surface area contributed by atoms with Gasteiger partial charge in [-0.1, -0.05) is 6.07 Å². The van der Waals surface area contributed by atoms with Gasteiger partial charge in [-0.3, -0.25) is 0 Å². The fraction of sp³-hybridized carbons (Fsp3) is 0.240. The zero-order valence-corrected chi connectivity index (χ0v) is 21.3. The fourth-order valence-electron chi connectivity index (χ4n) is 2.92. The summed E-state index contributed by atoms with van der Waals surface area (Å²) in [5, 5.41) is 0.859. The fourth-order valence-corrected chi connectivity index (χ4v) is 5.06. The van der Waals surface area contributed by atoms with Crippen LogP contribution in [0.4, 0.5) is 4.79 Å². The molecule has 3 aromatic rings. The molecule has 1 heterocycles. The zero-order valence-electron chi connectivity index (χ0n) is 19.2. The van der Waals surface area contributed by atoms with E-state index in [9.17, 15) is 9.59 Å². The summed E-state index contributed by atoms with van der Waals surface area (Å²) in [4.78, 5) is 29.1. The molecule has 2 aromatic carbocycles. The van der Waals surface area contributed by atoms with E-state index in [-0.39, 0.29) is 4.76 Å². The summed E-state index contributed by atoms with van der Waals surface area (Å²) in [5.41, 5.74) is 0.873. The molecule has 3 rings (SSSR count). The number of para-hydroxylation sites is 2. The van der Waals surface area contributed by atoms with E-state index >= 15 is 0 Å². The van der Waals surface area contributed by atoms with Gasteiger partial charge in [0.1, 0.15) is 0 Å². The number of rotatable bonds is 7. The predicted octanol–water partition coefficient (Wildman–Crippen LogP) is 4.92. The van der Waals surface area contributed by atoms with E-state index in [4.69, 9.17) is 18.9 Å². The van der Waals surface area contributed by atoms with Gasteiger partial charge < -0.3 is 0 Å². The number of fused-ring (bicyclic) bond motifs is 1. The number of hydrogen-bond donors (Lipinski definition) is 0. The maximum absolute atomic E-state index is 12.3. The number of pyridine rings is 1. The van der Waals surface area contributed by atoms with E-state index in [1.165, 1.54) is 7.11 Å². The molecule has 7 nitrogen and oxygen atoms in total. The van der Waals surface area contributed by atoms with Gasteiger partial charge in [-0.2, -0.15) is 0 Å². The number of esters is 1. The summed E-state index contributed by atoms with van der Waals surface area (Å²) < 4.78 is 21.4. The van der Waals surface area contributed by atoms with E-state index in [1.807, 2.05) is 42.5 Å². The number of aromatic nitrogens is 1. The van der Waals surface area contributed by atoms with Crippen LogP contribution in [-0.2, 0) is 14.3 Å². The first-order chi connectivity index (χ1) is 15.7. The molecule has 0 aliphatic heterocycles. The first-order valence-electron chi connectivity index (χ1n) is 10.2. The molecular formula is C25H26AsNO6. The molecule has 0 N–H and O–H groups in total. The normalized spacial score (nSPS) is 12.1. The molecule has 0 saturated carbocycles. The minimum atomic E-state index is -1.51. The van der Waals surface area contributed by atoms with Gasteiger partial charge in [-0.25, -0.2) is 0 Å². The summed E-state index contributed by atoms with van der Waals surface area (Å²) >= 11 is -1.51. The summed E-state index contributed by atoms with van der Waals surface area (Å²) in [6.45, 7) is 5.38. The van der Waals surface area contributed by atoms with Crippen LogP contribution in [0.5, 0.6) is 17.4 Å². The van der Waals surface area contributed by atoms with Gasteiger partial charge in [-0.05, 0) is 0 Å². The van der Waals surface area contributed by atoms with Gasteiger partial charge >= 0.3 is 186 Å². The Bertz CT molecular complexity index is 1200. The Kier molecular flexibility index (Phi) is 7.77. The van der Waals surface area contributed by atoms with E-state index in [0.717, 1.165) is 16.5 Å². The van der Waals surface area contributed by atoms with Crippen LogP contribution >= 0.6 is 0 Å². The summed E-state index contributed by atoms with van der Waals surface area (Å²) in [7, 11) is 2.88. The SMILES string of the molecule is COC(=O)C(=Cc1ccc2nc(Oc3ccccc3OC)ccc2c1)[AsH]C(=O)OC(C)(C)C. The summed E-state index contributed by atoms with van der Waals surface area (Å²) in [5.74, 6) is 1.09. The molecule has 0 aliphatic carbocycles. The van der Waals surface area contributed by atoms with Gasteiger partial charge in [0.15, 0.2) is 0 Å². The second kappa shape index (κ2) is 10.5. The standard InChI is InChI=1S/C25H26AsNO6/c1-25(2,3)33-24(29)26-18(23(28)31-5)15-16-10-12-19-17(14-16)11-13-22(27-19)32-21-9-7-6-8-20(21)30-4/h6-15,26H,1-5H3. The van der Waals surface area contributed by atoms with Gasteiger partial charge in [0, 0.05) is 0 Å². The number of benzene rings is 2. The van der Waals surface area contributed by atoms with Crippen molar-refractivity contribution in [1.82, 2.24) is 4.98 Å². The number of ether oxygens (including phenoxy) is 4. The van der Waals surface area contributed by atoms with E-state index in [1.54, 1.807) is 46.1 Å². The number of methoxy groups -OCH3 is 2. The van der Waals surface area contributed by atoms with E-state index in [0.29, 0.717) is 21.7 Å². The zero-order chi connectivity index (χ0) is 24.0. The molecule has 0 radical (unpaired) electrons. The van der Waals surface area contributed by atoms with Crippen molar-refractivity contribution < 1.29 is 28.5 Å². The average Bonchev–Trinajstić information content (AvgIpc) is 2.77. The molecule has 0 fully saturated rings. The topological polar surface area (TPSA) is 84.0 Å². The Morgan fingerprint density at radius 1 is 0.970 bits per heavy atom. The molecule has 0 saturated heterocycles. The third-order valence-electron chi connectivity index (χ3n) is 4.32. The number of hydrogen-bond acceptors (Lipinski definition) is 7. The molecule has 8 heteroatoms. The monoisotopic (exact) mass is 511 g/mol. The predicted molar refractivity (Wildman–Crippen MR) is 128 cm³/mol. The van der Waals surface area contributed by atoms with E-state index in [2.05, 4.69) is 4.98 Å². The molecule has 0 spiro atoms. The molecule has 33 heavy (non-hydrogen) atoms. The van der Waals surface area contributed by atoms with Crippen molar-refractivity contribution in [3.8, 4) is 17.4 Å². The Hall–Kier alpha value is -3.31. The number of carbonyl (C=O) groups is 2. The van der Waals surface area contributed by atoms with Crippen LogP contribution in [0.3, 0.4) is 0 Å². The third-order valence-corrected chi connectivity index (χ3v) is 6.26. The molecule has 1 atom stereocenters. The third kappa shape index (κ3) is 6.83. The van der Waals surface area contributed by atoms with Crippen molar-refractivity contribution in [3.63, 3.8) is 0 Å². The van der Waals surface area contributed by atoms with Crippen LogP contribution in [0.15, 0.2) is 59.0 Å². The number of carbonyl (C=O) groups excluding carboxylic acids is 2. The molecular weight excluding hydrogens is 485 g/mol. The van der Waals surface area contributed by atoms with Gasteiger partial charge in [0.05, 0.1) is 7.11 Å². The van der Waals surface area contributed by atoms with Gasteiger partial charge in [0.25, 0.3) is 0 Å². The second-order valence-electron chi connectivity index (χ2n) is 8.03. The van der Waals surface area contributed by atoms with Gasteiger partial charge in [0.2, 0.25) is 0 Å². The van der Waals surface area contributed by atoms with Gasteiger partial charge in [-0.15, -0.1) is 0 Å². The molecule has 0 amide bonds. The molecule has 0 aliphatic rings. The Labute approximate surface area is 199 Å². The molecule has 172 valence electrons. The van der Waals surface area contributed by atoms with Crippen molar-refractivity contribution >= 4 is 43.5 Å². The maximum atomic E-state index is 12.3. The van der Waals surface area contributed by atoms with Crippen LogP contribution in [0.2, 0.25) is 0 Å². The van der Waals surface area contributed by atoms with Crippen LogP contribution in [0, 0.1) is 0 Å². The first kappa shape index (κ1) is 24.3. The van der Waals surface area contributed by atoms with Crippen molar-refractivity contribution in [2.24, 2.45) is 0 Å². The van der Waals surface area contributed by atoms with Crippen molar-refractivity contribution in [2.45, 2.75) is 26.4 Å². The Morgan fingerprint density at radius 2 is 1.70 bits per heavy atom. The van der Waals surface area contributed by atoms with Crippen molar-refractivity contribution in [1.29, 1.82) is 0 Å². The Morgan fingerprint density at radius 3 is 2.36 bits per heavy atom. The minimum absolute atomic E-state index is 0.329. The second-order valence-corrected chi connectivity index (χ2v) is 10.5. The molecule has 1 unspecified atom stereocenters. The average molecular weight is 511 g/mol.